The van der Waals surface area contributed by atoms with Crippen LogP contribution < -0.4 is 0 Å². The molecule has 4 heteroatoms. The molecule has 0 saturated carbocycles. The third kappa shape index (κ3) is 2.69. The van der Waals surface area contributed by atoms with Gasteiger partial charge in [-0.1, -0.05) is 78.1 Å². The van der Waals surface area contributed by atoms with Crippen LogP contribution in [0.5, 0.6) is 0 Å². The second-order valence-electron chi connectivity index (χ2n) is 5.29. The molecule has 0 spiro atoms. The molecule has 3 nitrogen and oxygen atoms in total. The number of thiazole rings is 1. The van der Waals surface area contributed by atoms with Gasteiger partial charge >= 0.3 is 0 Å². The molecule has 4 aromatic rings. The predicted octanol–water partition coefficient (Wildman–Crippen LogP) is 4.94. The lowest BCUT2D eigenvalue weighted by Gasteiger charge is -1.94. The lowest BCUT2D eigenvalue weighted by molar-refractivity contribution is 0.934. The quantitative estimate of drug-likeness (QED) is 0.536. The van der Waals surface area contributed by atoms with Crippen LogP contribution in [0.15, 0.2) is 60.7 Å². The lowest BCUT2D eigenvalue weighted by Crippen LogP contribution is -1.88. The van der Waals surface area contributed by atoms with Crippen molar-refractivity contribution in [2.45, 2.75) is 6.92 Å². The predicted molar refractivity (Wildman–Crippen MR) is 96.4 cm³/mol. The molecule has 0 aliphatic carbocycles. The maximum atomic E-state index is 4.66. The summed E-state index contributed by atoms with van der Waals surface area (Å²) >= 11 is 1.66. The highest BCUT2D eigenvalue weighted by atomic mass is 32.1. The van der Waals surface area contributed by atoms with E-state index in [-0.39, 0.29) is 0 Å². The van der Waals surface area contributed by atoms with E-state index < -0.39 is 0 Å². The topological polar surface area (TPSA) is 30.2 Å². The first-order chi connectivity index (χ1) is 11.3. The molecular formula is C19H15N3S. The average molecular weight is 317 g/mol. The SMILES string of the molecule is Cc1c(/C=C/c2ccccc2)sc2nc(-c3ccccc3)nn12. The molecule has 0 N–H and O–H groups in total. The molecule has 0 radical (unpaired) electrons. The standard InChI is InChI=1S/C19H15N3S/c1-14-17(13-12-15-8-4-2-5-9-15)23-19-20-18(21-22(14)19)16-10-6-3-7-11-16/h2-13H,1H3/b13-12+. The third-order valence-corrected chi connectivity index (χ3v) is 4.81. The van der Waals surface area contributed by atoms with Gasteiger partial charge in [-0.3, -0.25) is 0 Å². The Morgan fingerprint density at radius 3 is 2.30 bits per heavy atom. The molecule has 23 heavy (non-hydrogen) atoms. The normalized spacial score (nSPS) is 11.5. The van der Waals surface area contributed by atoms with Gasteiger partial charge in [0.15, 0.2) is 5.82 Å². The summed E-state index contributed by atoms with van der Waals surface area (Å²) < 4.78 is 1.93. The van der Waals surface area contributed by atoms with Crippen molar-refractivity contribution < 1.29 is 0 Å². The highest BCUT2D eigenvalue weighted by Crippen LogP contribution is 2.26. The first kappa shape index (κ1) is 13.9. The molecule has 2 aromatic heterocycles. The number of aryl methyl sites for hydroxylation is 1. The Balaban J connectivity index is 1.70. The zero-order valence-electron chi connectivity index (χ0n) is 12.7. The van der Waals surface area contributed by atoms with Crippen molar-refractivity contribution in [1.82, 2.24) is 14.6 Å². The Morgan fingerprint density at radius 2 is 1.61 bits per heavy atom. The van der Waals surface area contributed by atoms with E-state index in [0.717, 1.165) is 22.0 Å². The molecule has 4 rings (SSSR count). The summed E-state index contributed by atoms with van der Waals surface area (Å²) in [6.45, 7) is 2.08. The average Bonchev–Trinajstić information content (AvgIpc) is 3.15. The van der Waals surface area contributed by atoms with E-state index in [9.17, 15) is 0 Å². The number of hydrogen-bond donors (Lipinski definition) is 0. The van der Waals surface area contributed by atoms with Crippen molar-refractivity contribution in [1.29, 1.82) is 0 Å². The summed E-state index contributed by atoms with van der Waals surface area (Å²) in [5, 5.41) is 4.64. The molecule has 0 aliphatic heterocycles. The molecule has 0 aliphatic rings. The molecule has 0 unspecified atom stereocenters. The van der Waals surface area contributed by atoms with E-state index in [2.05, 4.69) is 41.3 Å². The Hall–Kier alpha value is -2.72. The maximum Gasteiger partial charge on any atom is 0.213 e. The smallest absolute Gasteiger partial charge is 0.207 e. The number of aromatic nitrogens is 3. The van der Waals surface area contributed by atoms with Crippen LogP contribution in [0.2, 0.25) is 0 Å². The first-order valence-electron chi connectivity index (χ1n) is 7.46. The molecule has 0 atom stereocenters. The number of fused-ring (bicyclic) bond motifs is 1. The second kappa shape index (κ2) is 5.82. The van der Waals surface area contributed by atoms with Gasteiger partial charge in [0.2, 0.25) is 4.96 Å². The maximum absolute atomic E-state index is 4.66. The van der Waals surface area contributed by atoms with Gasteiger partial charge in [0.1, 0.15) is 0 Å². The van der Waals surface area contributed by atoms with Gasteiger partial charge in [0, 0.05) is 5.56 Å². The van der Waals surface area contributed by atoms with Crippen LogP contribution in [0.3, 0.4) is 0 Å². The monoisotopic (exact) mass is 317 g/mol. The fourth-order valence-electron chi connectivity index (χ4n) is 2.46. The van der Waals surface area contributed by atoms with Crippen LogP contribution in [0.1, 0.15) is 16.1 Å². The van der Waals surface area contributed by atoms with Crippen LogP contribution in [0.4, 0.5) is 0 Å². The molecule has 0 bridgehead atoms. The van der Waals surface area contributed by atoms with Crippen molar-refractivity contribution >= 4 is 28.4 Å². The van der Waals surface area contributed by atoms with E-state index in [1.54, 1.807) is 11.3 Å². The summed E-state index contributed by atoms with van der Waals surface area (Å²) in [4.78, 5) is 6.76. The van der Waals surface area contributed by atoms with Crippen molar-refractivity contribution in [3.05, 3.63) is 76.8 Å². The minimum atomic E-state index is 0.776. The molecule has 0 fully saturated rings. The van der Waals surface area contributed by atoms with Gasteiger partial charge < -0.3 is 0 Å². The summed E-state index contributed by atoms with van der Waals surface area (Å²) in [6, 6.07) is 20.4. The van der Waals surface area contributed by atoms with Gasteiger partial charge in [0.05, 0.1) is 10.6 Å². The minimum absolute atomic E-state index is 0.776. The molecule has 0 amide bonds. The van der Waals surface area contributed by atoms with Crippen molar-refractivity contribution in [2.75, 3.05) is 0 Å². The number of benzene rings is 2. The van der Waals surface area contributed by atoms with Gasteiger partial charge in [0.25, 0.3) is 0 Å². The zero-order chi connectivity index (χ0) is 15.6. The van der Waals surface area contributed by atoms with Crippen molar-refractivity contribution in [3.8, 4) is 11.4 Å². The summed E-state index contributed by atoms with van der Waals surface area (Å²) in [7, 11) is 0. The molecule has 112 valence electrons. The van der Waals surface area contributed by atoms with Gasteiger partial charge in [-0.05, 0) is 18.6 Å². The van der Waals surface area contributed by atoms with Crippen LogP contribution in [0.25, 0.3) is 28.5 Å². The summed E-state index contributed by atoms with van der Waals surface area (Å²) in [6.07, 6.45) is 4.25. The molecule has 0 saturated heterocycles. The number of nitrogens with zero attached hydrogens (tertiary/aromatic N) is 3. The third-order valence-electron chi connectivity index (χ3n) is 3.71. The lowest BCUT2D eigenvalue weighted by atomic mass is 10.2. The molecule has 2 heterocycles. The van der Waals surface area contributed by atoms with Crippen molar-refractivity contribution in [2.24, 2.45) is 0 Å². The highest BCUT2D eigenvalue weighted by Gasteiger charge is 2.12. The van der Waals surface area contributed by atoms with Gasteiger partial charge in [-0.15, -0.1) is 5.10 Å². The van der Waals surface area contributed by atoms with E-state index >= 15 is 0 Å². The zero-order valence-corrected chi connectivity index (χ0v) is 13.5. The van der Waals surface area contributed by atoms with E-state index in [1.165, 1.54) is 10.4 Å². The van der Waals surface area contributed by atoms with E-state index in [0.29, 0.717) is 0 Å². The highest BCUT2D eigenvalue weighted by molar-refractivity contribution is 7.18. The van der Waals surface area contributed by atoms with Crippen LogP contribution >= 0.6 is 11.3 Å². The van der Waals surface area contributed by atoms with Gasteiger partial charge in [-0.25, -0.2) is 4.52 Å². The Bertz CT molecular complexity index is 966. The Kier molecular flexibility index (Phi) is 3.52. The van der Waals surface area contributed by atoms with Crippen LogP contribution in [-0.4, -0.2) is 14.6 Å². The Morgan fingerprint density at radius 1 is 0.913 bits per heavy atom. The van der Waals surface area contributed by atoms with Crippen LogP contribution in [0, 0.1) is 6.92 Å². The van der Waals surface area contributed by atoms with Crippen molar-refractivity contribution in [3.63, 3.8) is 0 Å². The number of hydrogen-bond acceptors (Lipinski definition) is 3. The number of rotatable bonds is 3. The summed E-state index contributed by atoms with van der Waals surface area (Å²) in [5.74, 6) is 0.776. The fraction of sp³-hybridized carbons (Fsp3) is 0.0526. The fourth-order valence-corrected chi connectivity index (χ4v) is 3.42. The summed E-state index contributed by atoms with van der Waals surface area (Å²) in [5.41, 5.74) is 3.35. The van der Waals surface area contributed by atoms with Crippen LogP contribution in [-0.2, 0) is 0 Å². The van der Waals surface area contributed by atoms with E-state index in [1.807, 2.05) is 53.0 Å². The second-order valence-corrected chi connectivity index (χ2v) is 6.30. The first-order valence-corrected chi connectivity index (χ1v) is 8.27. The largest absolute Gasteiger partial charge is 0.213 e. The molecular weight excluding hydrogens is 302 g/mol. The molecule has 2 aromatic carbocycles. The Labute approximate surface area is 138 Å². The van der Waals surface area contributed by atoms with E-state index in [4.69, 9.17) is 0 Å². The minimum Gasteiger partial charge on any atom is -0.207 e. The van der Waals surface area contributed by atoms with Gasteiger partial charge in [-0.2, -0.15) is 4.98 Å².